The Balaban J connectivity index is 1.71. The van der Waals surface area contributed by atoms with Crippen LogP contribution in [0.15, 0.2) is 48.5 Å². The molecule has 2 rings (SSSR count). The average Bonchev–Trinajstić information content (AvgIpc) is 2.55. The third-order valence-electron chi connectivity index (χ3n) is 3.35. The van der Waals surface area contributed by atoms with Crippen molar-refractivity contribution in [3.63, 3.8) is 0 Å². The van der Waals surface area contributed by atoms with E-state index in [1.165, 1.54) is 5.56 Å². The zero-order valence-corrected chi connectivity index (χ0v) is 13.6. The highest BCUT2D eigenvalue weighted by Gasteiger charge is 1.99. The summed E-state index contributed by atoms with van der Waals surface area (Å²) >= 11 is 5.85. The highest BCUT2D eigenvalue weighted by atomic mass is 35.5. The molecule has 0 radical (unpaired) electrons. The van der Waals surface area contributed by atoms with Crippen molar-refractivity contribution in [2.24, 2.45) is 0 Å². The lowest BCUT2D eigenvalue weighted by molar-refractivity contribution is -0.136. The summed E-state index contributed by atoms with van der Waals surface area (Å²) in [5.41, 5.74) is 2.26. The zero-order valence-electron chi connectivity index (χ0n) is 12.8. The van der Waals surface area contributed by atoms with Gasteiger partial charge in [-0.3, -0.25) is 4.79 Å². The first-order valence-electron chi connectivity index (χ1n) is 7.52. The number of carbonyl (C=O) groups is 1. The average molecular weight is 334 g/mol. The van der Waals surface area contributed by atoms with Gasteiger partial charge in [-0.05, 0) is 48.4 Å². The van der Waals surface area contributed by atoms with E-state index < -0.39 is 5.97 Å². The van der Waals surface area contributed by atoms with E-state index in [4.69, 9.17) is 21.4 Å². The molecule has 0 unspecified atom stereocenters. The summed E-state index contributed by atoms with van der Waals surface area (Å²) in [7, 11) is 0. The molecular formula is C18H20ClNO3. The number of carboxylic acids is 1. The molecule has 2 N–H and O–H groups in total. The molecule has 0 spiro atoms. The summed E-state index contributed by atoms with van der Waals surface area (Å²) < 4.78 is 5.73. The number of ether oxygens (including phenoxy) is 1. The Bertz CT molecular complexity index is 611. The second-order valence-corrected chi connectivity index (χ2v) is 5.64. The van der Waals surface area contributed by atoms with E-state index in [2.05, 4.69) is 5.32 Å². The van der Waals surface area contributed by atoms with E-state index >= 15 is 0 Å². The molecule has 0 heterocycles. The van der Waals surface area contributed by atoms with Gasteiger partial charge in [-0.1, -0.05) is 35.9 Å². The van der Waals surface area contributed by atoms with Crippen molar-refractivity contribution in [3.8, 4) is 5.75 Å². The van der Waals surface area contributed by atoms with Crippen molar-refractivity contribution >= 4 is 17.6 Å². The van der Waals surface area contributed by atoms with Crippen LogP contribution in [0.5, 0.6) is 5.75 Å². The first-order chi connectivity index (χ1) is 11.1. The predicted octanol–water partition coefficient (Wildman–Crippen LogP) is 3.53. The Morgan fingerprint density at radius 3 is 2.30 bits per heavy atom. The Morgan fingerprint density at radius 1 is 1.00 bits per heavy atom. The standard InChI is InChI=1S/C18H20ClNO3/c19-16-5-1-15(2-6-16)13-23-17-7-3-14(4-8-17)9-11-20-12-10-18(21)22/h1-8,20H,9-13H2,(H,21,22). The molecule has 0 saturated carbocycles. The fourth-order valence-electron chi connectivity index (χ4n) is 2.05. The van der Waals surface area contributed by atoms with Gasteiger partial charge in [-0.25, -0.2) is 0 Å². The molecule has 5 heteroatoms. The molecule has 0 atom stereocenters. The van der Waals surface area contributed by atoms with Crippen LogP contribution in [0, 0.1) is 0 Å². The maximum Gasteiger partial charge on any atom is 0.304 e. The van der Waals surface area contributed by atoms with E-state index in [0.717, 1.165) is 29.3 Å². The minimum atomic E-state index is -0.778. The lowest BCUT2D eigenvalue weighted by Gasteiger charge is -2.08. The van der Waals surface area contributed by atoms with E-state index in [9.17, 15) is 4.79 Å². The normalized spacial score (nSPS) is 10.5. The van der Waals surface area contributed by atoms with Gasteiger partial charge in [-0.2, -0.15) is 0 Å². The van der Waals surface area contributed by atoms with Gasteiger partial charge in [0.1, 0.15) is 12.4 Å². The van der Waals surface area contributed by atoms with Crippen molar-refractivity contribution in [2.45, 2.75) is 19.4 Å². The topological polar surface area (TPSA) is 58.6 Å². The van der Waals surface area contributed by atoms with Crippen LogP contribution in [0.2, 0.25) is 5.02 Å². The second kappa shape index (κ2) is 9.18. The fourth-order valence-corrected chi connectivity index (χ4v) is 2.18. The fraction of sp³-hybridized carbons (Fsp3) is 0.278. The molecule has 0 saturated heterocycles. The van der Waals surface area contributed by atoms with Gasteiger partial charge in [0.2, 0.25) is 0 Å². The summed E-state index contributed by atoms with van der Waals surface area (Å²) in [4.78, 5) is 10.4. The van der Waals surface area contributed by atoms with Crippen LogP contribution in [0.1, 0.15) is 17.5 Å². The number of rotatable bonds is 9. The smallest absolute Gasteiger partial charge is 0.304 e. The van der Waals surface area contributed by atoms with Gasteiger partial charge >= 0.3 is 5.97 Å². The molecule has 122 valence electrons. The monoisotopic (exact) mass is 333 g/mol. The van der Waals surface area contributed by atoms with Gasteiger partial charge in [0.05, 0.1) is 6.42 Å². The van der Waals surface area contributed by atoms with Gasteiger partial charge in [0.25, 0.3) is 0 Å². The van der Waals surface area contributed by atoms with Gasteiger partial charge < -0.3 is 15.2 Å². The van der Waals surface area contributed by atoms with Crippen LogP contribution in [0.25, 0.3) is 0 Å². The van der Waals surface area contributed by atoms with Crippen molar-refractivity contribution < 1.29 is 14.6 Å². The Morgan fingerprint density at radius 2 is 1.65 bits per heavy atom. The SMILES string of the molecule is O=C(O)CCNCCc1ccc(OCc2ccc(Cl)cc2)cc1. The highest BCUT2D eigenvalue weighted by molar-refractivity contribution is 6.30. The molecule has 0 amide bonds. The Hall–Kier alpha value is -2.04. The van der Waals surface area contributed by atoms with Gasteiger partial charge in [0, 0.05) is 11.6 Å². The van der Waals surface area contributed by atoms with Crippen molar-refractivity contribution in [1.29, 1.82) is 0 Å². The summed E-state index contributed by atoms with van der Waals surface area (Å²) in [6.45, 7) is 1.77. The first kappa shape index (κ1) is 17.3. The summed E-state index contributed by atoms with van der Waals surface area (Å²) in [6, 6.07) is 15.5. The number of nitrogens with one attached hydrogen (secondary N) is 1. The number of halogens is 1. The van der Waals surface area contributed by atoms with Gasteiger partial charge in [0.15, 0.2) is 0 Å². The Kier molecular flexibility index (Phi) is 6.91. The third-order valence-corrected chi connectivity index (χ3v) is 3.60. The van der Waals surface area contributed by atoms with Crippen molar-refractivity contribution in [3.05, 3.63) is 64.7 Å². The molecule has 0 fully saturated rings. The summed E-state index contributed by atoms with van der Waals surface area (Å²) in [5.74, 6) is 0.0437. The minimum absolute atomic E-state index is 0.150. The minimum Gasteiger partial charge on any atom is -0.489 e. The molecule has 0 aliphatic heterocycles. The number of aliphatic carboxylic acids is 1. The summed E-state index contributed by atoms with van der Waals surface area (Å²) in [6.07, 6.45) is 1.01. The molecule has 4 nitrogen and oxygen atoms in total. The lowest BCUT2D eigenvalue weighted by atomic mass is 10.1. The predicted molar refractivity (Wildman–Crippen MR) is 91.1 cm³/mol. The van der Waals surface area contributed by atoms with Crippen LogP contribution in [-0.2, 0) is 17.8 Å². The van der Waals surface area contributed by atoms with Crippen LogP contribution < -0.4 is 10.1 Å². The summed E-state index contributed by atoms with van der Waals surface area (Å²) in [5, 5.41) is 12.4. The first-order valence-corrected chi connectivity index (χ1v) is 7.90. The van der Waals surface area contributed by atoms with E-state index in [1.54, 1.807) is 0 Å². The molecule has 23 heavy (non-hydrogen) atoms. The number of hydrogen-bond donors (Lipinski definition) is 2. The molecule has 0 bridgehead atoms. The lowest BCUT2D eigenvalue weighted by Crippen LogP contribution is -2.20. The van der Waals surface area contributed by atoms with E-state index in [-0.39, 0.29) is 6.42 Å². The molecule has 2 aromatic carbocycles. The van der Waals surface area contributed by atoms with Gasteiger partial charge in [-0.15, -0.1) is 0 Å². The van der Waals surface area contributed by atoms with E-state index in [1.807, 2.05) is 48.5 Å². The van der Waals surface area contributed by atoms with Crippen LogP contribution in [-0.4, -0.2) is 24.2 Å². The molecule has 0 aliphatic rings. The largest absolute Gasteiger partial charge is 0.489 e. The second-order valence-electron chi connectivity index (χ2n) is 5.20. The zero-order chi connectivity index (χ0) is 16.5. The van der Waals surface area contributed by atoms with Crippen molar-refractivity contribution in [1.82, 2.24) is 5.32 Å². The third kappa shape index (κ3) is 6.72. The maximum absolute atomic E-state index is 10.4. The maximum atomic E-state index is 10.4. The van der Waals surface area contributed by atoms with Crippen LogP contribution >= 0.6 is 11.6 Å². The Labute approximate surface area is 141 Å². The van der Waals surface area contributed by atoms with Crippen LogP contribution in [0.4, 0.5) is 0 Å². The molecular weight excluding hydrogens is 314 g/mol. The molecule has 0 aromatic heterocycles. The highest BCUT2D eigenvalue weighted by Crippen LogP contribution is 2.15. The van der Waals surface area contributed by atoms with Crippen LogP contribution in [0.3, 0.4) is 0 Å². The number of hydrogen-bond acceptors (Lipinski definition) is 3. The molecule has 0 aliphatic carbocycles. The van der Waals surface area contributed by atoms with Crippen molar-refractivity contribution in [2.75, 3.05) is 13.1 Å². The van der Waals surface area contributed by atoms with E-state index in [0.29, 0.717) is 13.2 Å². The quantitative estimate of drug-likeness (QED) is 0.689. The number of carboxylic acid groups (broad SMARTS) is 1. The molecule has 2 aromatic rings. The number of benzene rings is 2.